The monoisotopic (exact) mass is 226 g/mol. The van der Waals surface area contributed by atoms with E-state index in [1.54, 1.807) is 12.1 Å². The van der Waals surface area contributed by atoms with Gasteiger partial charge in [-0.1, -0.05) is 12.1 Å². The summed E-state index contributed by atoms with van der Waals surface area (Å²) in [5.41, 5.74) is 0.220. The number of sulfonamides is 1. The molecule has 78 valence electrons. The van der Waals surface area contributed by atoms with Crippen LogP contribution in [0.2, 0.25) is 0 Å². The fourth-order valence-corrected chi connectivity index (χ4v) is 2.29. The van der Waals surface area contributed by atoms with Gasteiger partial charge in [-0.2, -0.15) is 5.26 Å². The van der Waals surface area contributed by atoms with Crippen molar-refractivity contribution in [3.05, 3.63) is 29.8 Å². The Balaban J connectivity index is 0.000000337. The number of nitriles is 1. The maximum Gasteiger partial charge on any atom is 0.283 e. The third-order valence-corrected chi connectivity index (χ3v) is 3.04. The summed E-state index contributed by atoms with van der Waals surface area (Å²) in [4.78, 5) is 11.1. The lowest BCUT2D eigenvalue weighted by Crippen LogP contribution is -2.20. The van der Waals surface area contributed by atoms with E-state index >= 15 is 0 Å². The Hall–Kier alpha value is -2.07. The lowest BCUT2D eigenvalue weighted by molar-refractivity contribution is 0.0985. The number of amides is 1. The molecule has 6 nitrogen and oxygen atoms in total. The number of carbonyl (C=O) groups excluding carboxylic acids is 1. The molecule has 7 heteroatoms. The molecule has 1 aliphatic rings. The first-order chi connectivity index (χ1) is 7.03. The molecule has 0 saturated heterocycles. The van der Waals surface area contributed by atoms with E-state index in [1.807, 2.05) is 4.72 Å². The van der Waals surface area contributed by atoms with E-state index in [2.05, 4.69) is 0 Å². The summed E-state index contributed by atoms with van der Waals surface area (Å²) in [6, 6.07) is 6.09. The summed E-state index contributed by atoms with van der Waals surface area (Å²) in [5, 5.41) is 13.8. The lowest BCUT2D eigenvalue weighted by atomic mass is 10.2. The average Bonchev–Trinajstić information content (AvgIpc) is 2.40. The molecule has 1 aliphatic heterocycles. The lowest BCUT2D eigenvalue weighted by Gasteiger charge is -1.91. The molecule has 0 spiro atoms. The highest BCUT2D eigenvalue weighted by molar-refractivity contribution is 7.90. The van der Waals surface area contributed by atoms with E-state index in [0.29, 0.717) is 0 Å². The van der Waals surface area contributed by atoms with Crippen LogP contribution in [0.4, 0.5) is 0 Å². The SMILES string of the molecule is N#CO.O=C1NS(=O)(=O)c2ccccc21. The number of aliphatic hydroxyl groups excluding tert-OH is 1. The predicted octanol–water partition coefficient (Wildman–Crippen LogP) is -0.0413. The largest absolute Gasteiger partial charge is 0.443 e. The second-order valence-corrected chi connectivity index (χ2v) is 4.18. The van der Waals surface area contributed by atoms with Gasteiger partial charge in [-0.3, -0.25) is 4.79 Å². The summed E-state index contributed by atoms with van der Waals surface area (Å²) < 4.78 is 24.2. The van der Waals surface area contributed by atoms with Crippen LogP contribution in [0.1, 0.15) is 10.4 Å². The molecule has 0 saturated carbocycles. The minimum atomic E-state index is -3.55. The minimum absolute atomic E-state index is 0.0648. The number of nitrogens with zero attached hydrogens (tertiary/aromatic N) is 1. The summed E-state index contributed by atoms with van der Waals surface area (Å²) >= 11 is 0. The van der Waals surface area contributed by atoms with E-state index < -0.39 is 15.9 Å². The van der Waals surface area contributed by atoms with Gasteiger partial charge in [0.1, 0.15) is 4.90 Å². The molecule has 15 heavy (non-hydrogen) atoms. The van der Waals surface area contributed by atoms with Crippen LogP contribution in [0.15, 0.2) is 29.2 Å². The quantitative estimate of drug-likeness (QED) is 0.603. The number of carbonyl (C=O) groups is 1. The predicted molar refractivity (Wildman–Crippen MR) is 48.6 cm³/mol. The third-order valence-electron chi connectivity index (χ3n) is 1.65. The maximum absolute atomic E-state index is 11.1. The van der Waals surface area contributed by atoms with Gasteiger partial charge in [0.25, 0.3) is 22.2 Å². The van der Waals surface area contributed by atoms with E-state index in [0.717, 1.165) is 6.26 Å². The van der Waals surface area contributed by atoms with Crippen molar-refractivity contribution in [2.24, 2.45) is 0 Å². The standard InChI is InChI=1S/C7H5NO3S.CHNO/c9-7-5-3-1-2-4-6(5)12(10,11)8-7;2-1-3/h1-4H,(H,8,9);3H. The molecule has 2 rings (SSSR count). The van der Waals surface area contributed by atoms with Crippen LogP contribution in [0, 0.1) is 11.5 Å². The molecule has 0 unspecified atom stereocenters. The molecular formula is C8H6N2O4S. The molecule has 2 N–H and O–H groups in total. The number of aliphatic hydroxyl groups is 1. The normalized spacial score (nSPS) is 15.3. The van der Waals surface area contributed by atoms with Crippen LogP contribution in [0.3, 0.4) is 0 Å². The summed E-state index contributed by atoms with van der Waals surface area (Å²) in [7, 11) is -3.55. The first-order valence-corrected chi connectivity index (χ1v) is 5.20. The highest BCUT2D eigenvalue weighted by Gasteiger charge is 2.31. The van der Waals surface area contributed by atoms with Crippen LogP contribution in [0.5, 0.6) is 0 Å². The number of nitrogens with one attached hydrogen (secondary N) is 1. The molecule has 1 amide bonds. The topological polar surface area (TPSA) is 107 Å². The number of fused-ring (bicyclic) bond motifs is 1. The van der Waals surface area contributed by atoms with E-state index in [4.69, 9.17) is 10.4 Å². The van der Waals surface area contributed by atoms with Crippen LogP contribution in [0.25, 0.3) is 0 Å². The Morgan fingerprint density at radius 2 is 1.87 bits per heavy atom. The summed E-state index contributed by atoms with van der Waals surface area (Å²) in [6.07, 6.45) is 0.750. The van der Waals surface area contributed by atoms with Gasteiger partial charge in [-0.05, 0) is 12.1 Å². The molecule has 0 aromatic heterocycles. The highest BCUT2D eigenvalue weighted by atomic mass is 32.2. The van der Waals surface area contributed by atoms with Crippen molar-refractivity contribution in [3.8, 4) is 6.26 Å². The van der Waals surface area contributed by atoms with Gasteiger partial charge < -0.3 is 5.11 Å². The van der Waals surface area contributed by atoms with Gasteiger partial charge in [-0.25, -0.2) is 13.1 Å². The number of hydrogen-bond donors (Lipinski definition) is 2. The Kier molecular flexibility index (Phi) is 2.92. The average molecular weight is 226 g/mol. The van der Waals surface area contributed by atoms with Gasteiger partial charge >= 0.3 is 0 Å². The number of benzene rings is 1. The van der Waals surface area contributed by atoms with Crippen LogP contribution in [-0.2, 0) is 10.0 Å². The molecule has 0 aliphatic carbocycles. The van der Waals surface area contributed by atoms with E-state index in [-0.39, 0.29) is 10.5 Å². The van der Waals surface area contributed by atoms with Crippen LogP contribution < -0.4 is 4.72 Å². The van der Waals surface area contributed by atoms with E-state index in [9.17, 15) is 13.2 Å². The highest BCUT2D eigenvalue weighted by Crippen LogP contribution is 2.20. The second kappa shape index (κ2) is 3.98. The fourth-order valence-electron chi connectivity index (χ4n) is 1.12. The van der Waals surface area contributed by atoms with Crippen molar-refractivity contribution in [2.45, 2.75) is 4.90 Å². The van der Waals surface area contributed by atoms with Crippen molar-refractivity contribution in [2.75, 3.05) is 0 Å². The zero-order chi connectivity index (χ0) is 11.5. The zero-order valence-corrected chi connectivity index (χ0v) is 8.15. The van der Waals surface area contributed by atoms with Crippen molar-refractivity contribution < 1.29 is 18.3 Å². The Morgan fingerprint density at radius 1 is 1.33 bits per heavy atom. The van der Waals surface area contributed by atoms with Crippen molar-refractivity contribution >= 4 is 15.9 Å². The first kappa shape index (κ1) is 11.0. The van der Waals surface area contributed by atoms with Crippen LogP contribution in [-0.4, -0.2) is 19.4 Å². The van der Waals surface area contributed by atoms with Gasteiger partial charge in [0.15, 0.2) is 0 Å². The van der Waals surface area contributed by atoms with Crippen LogP contribution >= 0.6 is 0 Å². The molecule has 0 radical (unpaired) electrons. The molecular weight excluding hydrogens is 220 g/mol. The molecule has 1 heterocycles. The Morgan fingerprint density at radius 3 is 2.40 bits per heavy atom. The van der Waals surface area contributed by atoms with Gasteiger partial charge in [0.2, 0.25) is 0 Å². The smallest absolute Gasteiger partial charge is 0.283 e. The fraction of sp³-hybridized carbons (Fsp3) is 0. The molecule has 1 aromatic rings. The molecule has 0 atom stereocenters. The number of rotatable bonds is 0. The summed E-state index contributed by atoms with van der Waals surface area (Å²) in [5.74, 6) is -0.550. The third kappa shape index (κ3) is 2.05. The number of hydrogen-bond acceptors (Lipinski definition) is 5. The molecule has 1 aromatic carbocycles. The summed E-state index contributed by atoms with van der Waals surface area (Å²) in [6.45, 7) is 0. The zero-order valence-electron chi connectivity index (χ0n) is 7.34. The second-order valence-electron chi connectivity index (χ2n) is 2.53. The van der Waals surface area contributed by atoms with Crippen molar-refractivity contribution in [1.29, 1.82) is 5.26 Å². The molecule has 0 fully saturated rings. The minimum Gasteiger partial charge on any atom is -0.443 e. The van der Waals surface area contributed by atoms with Crippen molar-refractivity contribution in [3.63, 3.8) is 0 Å². The Bertz CT molecular complexity index is 530. The Labute approximate surface area is 85.8 Å². The first-order valence-electron chi connectivity index (χ1n) is 3.72. The van der Waals surface area contributed by atoms with Gasteiger partial charge in [-0.15, -0.1) is 0 Å². The van der Waals surface area contributed by atoms with Crippen molar-refractivity contribution in [1.82, 2.24) is 4.72 Å². The molecule has 0 bridgehead atoms. The van der Waals surface area contributed by atoms with E-state index in [1.165, 1.54) is 12.1 Å². The van der Waals surface area contributed by atoms with Gasteiger partial charge in [0, 0.05) is 0 Å². The maximum atomic E-state index is 11.1. The van der Waals surface area contributed by atoms with Gasteiger partial charge in [0.05, 0.1) is 5.56 Å².